The average Bonchev–Trinajstić information content (AvgIpc) is 2.63. The number of aryl methyl sites for hydroxylation is 1. The molecule has 86 valence electrons. The molecule has 1 rings (SSSR count). The van der Waals surface area contributed by atoms with E-state index in [9.17, 15) is 0 Å². The lowest BCUT2D eigenvalue weighted by molar-refractivity contribution is 0.293. The van der Waals surface area contributed by atoms with Crippen molar-refractivity contribution in [3.63, 3.8) is 0 Å². The predicted octanol–water partition coefficient (Wildman–Crippen LogP) is 1.88. The summed E-state index contributed by atoms with van der Waals surface area (Å²) in [4.78, 5) is 0. The highest BCUT2D eigenvalue weighted by molar-refractivity contribution is 5.11. The van der Waals surface area contributed by atoms with E-state index in [1.54, 1.807) is 0 Å². The number of hydrogen-bond donors (Lipinski definition) is 2. The van der Waals surface area contributed by atoms with Gasteiger partial charge in [-0.1, -0.05) is 12.8 Å². The number of aromatic nitrogens is 2. The van der Waals surface area contributed by atoms with Crippen LogP contribution in [0.1, 0.15) is 31.4 Å². The fraction of sp³-hybridized carbons (Fsp3) is 0.727. The summed E-state index contributed by atoms with van der Waals surface area (Å²) in [5.41, 5.74) is 1.04. The standard InChI is InChI=1S/C11H21N3O/c1-10-9-11(14-13-10)15-8-6-4-3-5-7-12-2/h9,12H,3-8H2,1-2H3,(H,13,14). The SMILES string of the molecule is CNCCCCCCOc1cc(C)[nH]n1. The fourth-order valence-corrected chi connectivity index (χ4v) is 1.40. The van der Waals surface area contributed by atoms with Crippen LogP contribution in [0.3, 0.4) is 0 Å². The van der Waals surface area contributed by atoms with Gasteiger partial charge in [0.2, 0.25) is 5.88 Å². The molecule has 0 aliphatic carbocycles. The van der Waals surface area contributed by atoms with Crippen LogP contribution < -0.4 is 10.1 Å². The molecule has 2 N–H and O–H groups in total. The number of nitrogens with one attached hydrogen (secondary N) is 2. The Hall–Kier alpha value is -1.03. The lowest BCUT2D eigenvalue weighted by atomic mass is 10.2. The van der Waals surface area contributed by atoms with Gasteiger partial charge in [0.05, 0.1) is 6.61 Å². The smallest absolute Gasteiger partial charge is 0.232 e. The number of H-pyrrole nitrogens is 1. The molecule has 0 unspecified atom stereocenters. The lowest BCUT2D eigenvalue weighted by Gasteiger charge is -2.02. The second kappa shape index (κ2) is 7.29. The van der Waals surface area contributed by atoms with Crippen molar-refractivity contribution >= 4 is 0 Å². The number of unbranched alkanes of at least 4 members (excludes halogenated alkanes) is 3. The third-order valence-electron chi connectivity index (χ3n) is 2.25. The number of aromatic amines is 1. The first kappa shape index (κ1) is 12.0. The largest absolute Gasteiger partial charge is 0.477 e. The summed E-state index contributed by atoms with van der Waals surface area (Å²) in [6, 6.07) is 1.92. The van der Waals surface area contributed by atoms with Gasteiger partial charge in [0.25, 0.3) is 0 Å². The first-order valence-corrected chi connectivity index (χ1v) is 5.62. The molecule has 0 atom stereocenters. The van der Waals surface area contributed by atoms with E-state index in [1.165, 1.54) is 19.3 Å². The zero-order valence-electron chi connectivity index (χ0n) is 9.68. The monoisotopic (exact) mass is 211 g/mol. The van der Waals surface area contributed by atoms with E-state index >= 15 is 0 Å². The van der Waals surface area contributed by atoms with Crippen LogP contribution >= 0.6 is 0 Å². The van der Waals surface area contributed by atoms with E-state index in [4.69, 9.17) is 4.74 Å². The van der Waals surface area contributed by atoms with E-state index in [2.05, 4.69) is 15.5 Å². The minimum absolute atomic E-state index is 0.711. The molecule has 1 heterocycles. The Kier molecular flexibility index (Phi) is 5.85. The van der Waals surface area contributed by atoms with Gasteiger partial charge in [-0.05, 0) is 33.4 Å². The molecular formula is C11H21N3O. The molecule has 0 fully saturated rings. The zero-order valence-corrected chi connectivity index (χ0v) is 9.68. The van der Waals surface area contributed by atoms with Crippen LogP contribution in [0.5, 0.6) is 5.88 Å². The van der Waals surface area contributed by atoms with E-state index < -0.39 is 0 Å². The topological polar surface area (TPSA) is 49.9 Å². The lowest BCUT2D eigenvalue weighted by Crippen LogP contribution is -2.07. The molecule has 1 aromatic heterocycles. The Morgan fingerprint density at radius 3 is 2.80 bits per heavy atom. The summed E-state index contributed by atoms with van der Waals surface area (Å²) in [7, 11) is 1.99. The van der Waals surface area contributed by atoms with Gasteiger partial charge < -0.3 is 10.1 Å². The van der Waals surface area contributed by atoms with Crippen molar-refractivity contribution in [3.8, 4) is 5.88 Å². The van der Waals surface area contributed by atoms with Crippen LogP contribution in [0.4, 0.5) is 0 Å². The number of rotatable bonds is 8. The Morgan fingerprint density at radius 2 is 2.13 bits per heavy atom. The second-order valence-corrected chi connectivity index (χ2v) is 3.76. The number of nitrogens with zero attached hydrogens (tertiary/aromatic N) is 1. The van der Waals surface area contributed by atoms with Crippen molar-refractivity contribution in [3.05, 3.63) is 11.8 Å². The first-order chi connectivity index (χ1) is 7.33. The third kappa shape index (κ3) is 5.42. The Labute approximate surface area is 91.4 Å². The van der Waals surface area contributed by atoms with Gasteiger partial charge in [0.15, 0.2) is 0 Å². The van der Waals surface area contributed by atoms with Crippen LogP contribution in [-0.4, -0.2) is 30.4 Å². The van der Waals surface area contributed by atoms with Gasteiger partial charge >= 0.3 is 0 Å². The highest BCUT2D eigenvalue weighted by Gasteiger charge is 1.97. The van der Waals surface area contributed by atoms with Crippen LogP contribution in [0.25, 0.3) is 0 Å². The molecule has 0 radical (unpaired) electrons. The average molecular weight is 211 g/mol. The van der Waals surface area contributed by atoms with Crippen molar-refractivity contribution < 1.29 is 4.74 Å². The van der Waals surface area contributed by atoms with Gasteiger partial charge in [-0.2, -0.15) is 0 Å². The van der Waals surface area contributed by atoms with E-state index in [0.717, 1.165) is 25.3 Å². The van der Waals surface area contributed by atoms with Crippen LogP contribution in [-0.2, 0) is 0 Å². The van der Waals surface area contributed by atoms with Crippen molar-refractivity contribution in [2.45, 2.75) is 32.6 Å². The molecule has 4 nitrogen and oxygen atoms in total. The van der Waals surface area contributed by atoms with E-state index in [0.29, 0.717) is 5.88 Å². The minimum Gasteiger partial charge on any atom is -0.477 e. The van der Waals surface area contributed by atoms with Gasteiger partial charge in [-0.3, -0.25) is 5.10 Å². The van der Waals surface area contributed by atoms with Crippen molar-refractivity contribution in [1.82, 2.24) is 15.5 Å². The molecule has 15 heavy (non-hydrogen) atoms. The fourth-order valence-electron chi connectivity index (χ4n) is 1.40. The Balaban J connectivity index is 1.93. The first-order valence-electron chi connectivity index (χ1n) is 5.62. The molecule has 0 saturated heterocycles. The van der Waals surface area contributed by atoms with Crippen molar-refractivity contribution in [2.24, 2.45) is 0 Å². The molecule has 0 saturated carbocycles. The third-order valence-corrected chi connectivity index (χ3v) is 2.25. The highest BCUT2D eigenvalue weighted by atomic mass is 16.5. The highest BCUT2D eigenvalue weighted by Crippen LogP contribution is 2.08. The summed E-state index contributed by atoms with van der Waals surface area (Å²) >= 11 is 0. The molecule has 0 spiro atoms. The molecule has 1 aromatic rings. The quantitative estimate of drug-likeness (QED) is 0.645. The molecule has 0 amide bonds. The predicted molar refractivity (Wildman–Crippen MR) is 61.2 cm³/mol. The normalized spacial score (nSPS) is 10.5. The molecule has 0 aliphatic rings. The molecular weight excluding hydrogens is 190 g/mol. The minimum atomic E-state index is 0.711. The van der Waals surface area contributed by atoms with Crippen molar-refractivity contribution in [2.75, 3.05) is 20.2 Å². The zero-order chi connectivity index (χ0) is 10.9. The Bertz CT molecular complexity index is 260. The maximum atomic E-state index is 5.48. The maximum absolute atomic E-state index is 5.48. The van der Waals surface area contributed by atoms with Crippen LogP contribution in [0.15, 0.2) is 6.07 Å². The second-order valence-electron chi connectivity index (χ2n) is 3.76. The maximum Gasteiger partial charge on any atom is 0.232 e. The Morgan fingerprint density at radius 1 is 1.33 bits per heavy atom. The van der Waals surface area contributed by atoms with Gasteiger partial charge in [0.1, 0.15) is 0 Å². The van der Waals surface area contributed by atoms with Gasteiger partial charge in [-0.15, -0.1) is 5.10 Å². The summed E-state index contributed by atoms with van der Waals surface area (Å²) in [6.07, 6.45) is 4.85. The molecule has 0 bridgehead atoms. The van der Waals surface area contributed by atoms with E-state index in [1.807, 2.05) is 20.0 Å². The summed E-state index contributed by atoms with van der Waals surface area (Å²) < 4.78 is 5.48. The van der Waals surface area contributed by atoms with Gasteiger partial charge in [0, 0.05) is 11.8 Å². The number of ether oxygens (including phenoxy) is 1. The molecule has 4 heteroatoms. The van der Waals surface area contributed by atoms with E-state index in [-0.39, 0.29) is 0 Å². The summed E-state index contributed by atoms with van der Waals surface area (Å²) in [5, 5.41) is 10.0. The van der Waals surface area contributed by atoms with Crippen molar-refractivity contribution in [1.29, 1.82) is 0 Å². The molecule has 0 aromatic carbocycles. The van der Waals surface area contributed by atoms with Gasteiger partial charge in [-0.25, -0.2) is 0 Å². The molecule has 0 aliphatic heterocycles. The van der Waals surface area contributed by atoms with Crippen LogP contribution in [0.2, 0.25) is 0 Å². The number of hydrogen-bond acceptors (Lipinski definition) is 3. The van der Waals surface area contributed by atoms with Crippen LogP contribution in [0, 0.1) is 6.92 Å². The summed E-state index contributed by atoms with van der Waals surface area (Å²) in [6.45, 7) is 3.85. The summed E-state index contributed by atoms with van der Waals surface area (Å²) in [5.74, 6) is 0.711.